The Hall–Kier alpha value is -0.0951. The van der Waals surface area contributed by atoms with Crippen molar-refractivity contribution in [3.05, 3.63) is 12.1 Å². The van der Waals surface area contributed by atoms with Crippen molar-refractivity contribution in [2.45, 2.75) is 18.9 Å². The molecule has 14 heavy (non-hydrogen) atoms. The first-order valence-corrected chi connectivity index (χ1v) is 5.72. The topological polar surface area (TPSA) is 9.23 Å². The first-order valence-electron chi connectivity index (χ1n) is 4.57. The molecule has 0 radical (unpaired) electrons. The summed E-state index contributed by atoms with van der Waals surface area (Å²) in [5.41, 5.74) is -0.604. The summed E-state index contributed by atoms with van der Waals surface area (Å²) >= 11 is 1.26. The van der Waals surface area contributed by atoms with Gasteiger partial charge in [-0.25, -0.2) is 0 Å². The van der Waals surface area contributed by atoms with E-state index in [0.29, 0.717) is 5.75 Å². The molecule has 0 aromatic rings. The Labute approximate surface area is 86.1 Å². The Balaban J connectivity index is 2.11. The van der Waals surface area contributed by atoms with E-state index in [1.54, 1.807) is 0 Å². The van der Waals surface area contributed by atoms with Gasteiger partial charge in [0.1, 0.15) is 0 Å². The second kappa shape index (κ2) is 5.12. The quantitative estimate of drug-likeness (QED) is 0.665. The highest BCUT2D eigenvalue weighted by molar-refractivity contribution is 7.99. The number of thioether (sulfide) groups is 1. The molecule has 1 nitrogen and oxygen atoms in total. The third-order valence-electron chi connectivity index (χ3n) is 2.08. The Morgan fingerprint density at radius 1 is 1.50 bits per heavy atom. The summed E-state index contributed by atoms with van der Waals surface area (Å²) in [5, 5.41) is 0. The molecule has 0 spiro atoms. The lowest BCUT2D eigenvalue weighted by Gasteiger charge is -2.18. The monoisotopic (exact) mass is 225 g/mol. The summed E-state index contributed by atoms with van der Waals surface area (Å²) in [6.07, 6.45) is 2.14. The Morgan fingerprint density at radius 2 is 2.21 bits per heavy atom. The lowest BCUT2D eigenvalue weighted by Crippen LogP contribution is -2.21. The fourth-order valence-electron chi connectivity index (χ4n) is 1.19. The van der Waals surface area contributed by atoms with Gasteiger partial charge in [-0.05, 0) is 18.6 Å². The maximum Gasteiger partial charge on any atom is 0.505 e. The van der Waals surface area contributed by atoms with Gasteiger partial charge in [0.05, 0.1) is 6.10 Å². The molecule has 1 aliphatic rings. The number of hydrogen-bond acceptors (Lipinski definition) is 2. The Bertz CT molecular complexity index is 201. The van der Waals surface area contributed by atoms with Crippen molar-refractivity contribution in [2.24, 2.45) is 0 Å². The molecule has 0 N–H and O–H groups in total. The molecular weight excluding hydrogens is 212 g/mol. The molecule has 0 aromatic carbocycles. The second-order valence-corrected chi connectivity index (χ2v) is 4.41. The van der Waals surface area contributed by atoms with Gasteiger partial charge in [0.2, 0.25) is 0 Å². The first kappa shape index (κ1) is 12.0. The van der Waals surface area contributed by atoms with Gasteiger partial charge in [0.25, 0.3) is 0 Å². The second-order valence-electron chi connectivity index (χ2n) is 3.38. The minimum absolute atomic E-state index is 0.0244. The number of ether oxygens (including phenoxy) is 1. The Morgan fingerprint density at radius 3 is 2.71 bits per heavy atom. The molecule has 0 aliphatic carbocycles. The smallest absolute Gasteiger partial charge is 0.445 e. The van der Waals surface area contributed by atoms with Crippen LogP contribution in [0.2, 0.25) is 0 Å². The molecule has 1 aliphatic heterocycles. The predicted octanol–water partition coefficient (Wildman–Crippen LogP) is 2.84. The van der Waals surface area contributed by atoms with Crippen LogP contribution in [0.3, 0.4) is 0 Å². The zero-order valence-electron chi connectivity index (χ0n) is 7.85. The molecule has 1 heterocycles. The standard InChI is InChI=1S/C8H13BF3OS/c1-7(9(10,11)12)5-14-6-8-3-2-4-13-8/h8H,1-6H2/q-1. The van der Waals surface area contributed by atoms with E-state index < -0.39 is 12.4 Å². The van der Waals surface area contributed by atoms with Gasteiger partial charge in [0, 0.05) is 12.4 Å². The van der Waals surface area contributed by atoms with Crippen LogP contribution < -0.4 is 0 Å². The zero-order chi connectivity index (χ0) is 10.6. The van der Waals surface area contributed by atoms with Gasteiger partial charge >= 0.3 is 6.98 Å². The van der Waals surface area contributed by atoms with Crippen molar-refractivity contribution >= 4 is 18.7 Å². The van der Waals surface area contributed by atoms with Crippen LogP contribution in [0.25, 0.3) is 0 Å². The predicted molar refractivity (Wildman–Crippen MR) is 54.5 cm³/mol. The molecule has 1 fully saturated rings. The highest BCUT2D eigenvalue weighted by Crippen LogP contribution is 2.24. The average Bonchev–Trinajstić information content (AvgIpc) is 2.55. The van der Waals surface area contributed by atoms with Crippen LogP contribution in [0.5, 0.6) is 0 Å². The molecule has 82 valence electrons. The summed E-state index contributed by atoms with van der Waals surface area (Å²) in [6, 6.07) is 0. The lowest BCUT2D eigenvalue weighted by molar-refractivity contribution is 0.129. The van der Waals surface area contributed by atoms with Crippen LogP contribution in [0, 0.1) is 0 Å². The summed E-state index contributed by atoms with van der Waals surface area (Å²) in [7, 11) is 0. The minimum Gasteiger partial charge on any atom is -0.445 e. The molecule has 6 heteroatoms. The van der Waals surface area contributed by atoms with E-state index >= 15 is 0 Å². The highest BCUT2D eigenvalue weighted by atomic mass is 32.2. The lowest BCUT2D eigenvalue weighted by atomic mass is 9.82. The van der Waals surface area contributed by atoms with Crippen LogP contribution in [0.4, 0.5) is 12.9 Å². The van der Waals surface area contributed by atoms with Crippen LogP contribution in [0.1, 0.15) is 12.8 Å². The van der Waals surface area contributed by atoms with Crippen molar-refractivity contribution in [2.75, 3.05) is 18.1 Å². The van der Waals surface area contributed by atoms with Crippen LogP contribution in [0.15, 0.2) is 12.1 Å². The normalized spacial score (nSPS) is 22.6. The van der Waals surface area contributed by atoms with E-state index in [-0.39, 0.29) is 11.9 Å². The van der Waals surface area contributed by atoms with Gasteiger partial charge in [-0.15, -0.1) is 12.1 Å². The van der Waals surface area contributed by atoms with Crippen LogP contribution in [-0.4, -0.2) is 31.2 Å². The summed E-state index contributed by atoms with van der Waals surface area (Å²) in [4.78, 5) is 0. The molecule has 0 aromatic heterocycles. The van der Waals surface area contributed by atoms with E-state index in [1.807, 2.05) is 0 Å². The molecule has 1 atom stereocenters. The number of hydrogen-bond donors (Lipinski definition) is 0. The van der Waals surface area contributed by atoms with Crippen LogP contribution in [-0.2, 0) is 4.74 Å². The van der Waals surface area contributed by atoms with E-state index in [4.69, 9.17) is 4.74 Å². The van der Waals surface area contributed by atoms with Gasteiger partial charge in [-0.1, -0.05) is 0 Å². The maximum atomic E-state index is 12.1. The average molecular weight is 225 g/mol. The molecule has 1 rings (SSSR count). The fraction of sp³-hybridized carbons (Fsp3) is 0.750. The number of rotatable bonds is 5. The van der Waals surface area contributed by atoms with Crippen LogP contribution >= 0.6 is 11.8 Å². The molecule has 0 amide bonds. The maximum absolute atomic E-state index is 12.1. The van der Waals surface area contributed by atoms with E-state index in [9.17, 15) is 12.9 Å². The number of halogens is 3. The SMILES string of the molecule is C=C(CSCC1CCCO1)[B-](F)(F)F. The molecule has 1 saturated heterocycles. The van der Waals surface area contributed by atoms with Crippen molar-refractivity contribution in [1.82, 2.24) is 0 Å². The highest BCUT2D eigenvalue weighted by Gasteiger charge is 2.26. The van der Waals surface area contributed by atoms with Gasteiger partial charge in [-0.2, -0.15) is 11.8 Å². The van der Waals surface area contributed by atoms with Crippen molar-refractivity contribution in [3.63, 3.8) is 0 Å². The molecule has 0 bridgehead atoms. The molecule has 1 unspecified atom stereocenters. The Kier molecular flexibility index (Phi) is 4.38. The largest absolute Gasteiger partial charge is 0.505 e. The van der Waals surface area contributed by atoms with E-state index in [2.05, 4.69) is 6.58 Å². The minimum atomic E-state index is -4.85. The summed E-state index contributed by atoms with van der Waals surface area (Å²) in [5.74, 6) is 0.620. The fourth-order valence-corrected chi connectivity index (χ4v) is 2.29. The molecular formula is C8H13BF3OS-. The third-order valence-corrected chi connectivity index (χ3v) is 3.26. The summed E-state index contributed by atoms with van der Waals surface area (Å²) in [6.45, 7) is -1.08. The van der Waals surface area contributed by atoms with Gasteiger partial charge in [-0.3, -0.25) is 0 Å². The van der Waals surface area contributed by atoms with Crippen molar-refractivity contribution < 1.29 is 17.7 Å². The van der Waals surface area contributed by atoms with Gasteiger partial charge < -0.3 is 17.7 Å². The zero-order valence-corrected chi connectivity index (χ0v) is 8.66. The molecule has 0 saturated carbocycles. The van der Waals surface area contributed by atoms with Crippen molar-refractivity contribution in [3.8, 4) is 0 Å². The van der Waals surface area contributed by atoms with E-state index in [0.717, 1.165) is 19.4 Å². The van der Waals surface area contributed by atoms with Crippen molar-refractivity contribution in [1.29, 1.82) is 0 Å². The van der Waals surface area contributed by atoms with E-state index in [1.165, 1.54) is 11.8 Å². The summed E-state index contributed by atoms with van der Waals surface area (Å²) < 4.78 is 41.5. The third kappa shape index (κ3) is 3.96. The first-order chi connectivity index (χ1) is 6.50. The van der Waals surface area contributed by atoms with Gasteiger partial charge in [0.15, 0.2) is 0 Å².